The summed E-state index contributed by atoms with van der Waals surface area (Å²) in [6.45, 7) is 5.89. The maximum atomic E-state index is 5.56. The summed E-state index contributed by atoms with van der Waals surface area (Å²) in [6.07, 6.45) is 3.62. The Balaban J connectivity index is 2.32. The molecule has 106 valence electrons. The predicted molar refractivity (Wildman–Crippen MR) is 76.2 cm³/mol. The van der Waals surface area contributed by atoms with E-state index in [0.717, 1.165) is 37.4 Å². The Morgan fingerprint density at radius 1 is 1.37 bits per heavy atom. The minimum absolute atomic E-state index is 0.310. The van der Waals surface area contributed by atoms with Gasteiger partial charge in [0.1, 0.15) is 18.0 Å². The number of ether oxygens (including phenoxy) is 1. The molecule has 1 saturated heterocycles. The van der Waals surface area contributed by atoms with Gasteiger partial charge in [0.05, 0.1) is 0 Å². The van der Waals surface area contributed by atoms with Gasteiger partial charge in [-0.25, -0.2) is 15.8 Å². The third kappa shape index (κ3) is 2.96. The van der Waals surface area contributed by atoms with Gasteiger partial charge in [-0.1, -0.05) is 13.8 Å². The minimum Gasteiger partial charge on any atom is -0.381 e. The maximum Gasteiger partial charge on any atom is 0.148 e. The van der Waals surface area contributed by atoms with Gasteiger partial charge < -0.3 is 15.1 Å². The first kappa shape index (κ1) is 14.0. The van der Waals surface area contributed by atoms with Crippen molar-refractivity contribution in [3.05, 3.63) is 11.9 Å². The van der Waals surface area contributed by atoms with Crippen molar-refractivity contribution in [1.82, 2.24) is 9.97 Å². The highest BCUT2D eigenvalue weighted by atomic mass is 16.5. The van der Waals surface area contributed by atoms with Gasteiger partial charge in [-0.2, -0.15) is 0 Å². The van der Waals surface area contributed by atoms with E-state index < -0.39 is 0 Å². The Hall–Kier alpha value is -1.40. The van der Waals surface area contributed by atoms with Gasteiger partial charge in [-0.3, -0.25) is 0 Å². The lowest BCUT2D eigenvalue weighted by Gasteiger charge is -2.34. The molecule has 1 aliphatic rings. The van der Waals surface area contributed by atoms with Crippen LogP contribution in [0.25, 0.3) is 0 Å². The Labute approximate surface area is 114 Å². The van der Waals surface area contributed by atoms with Gasteiger partial charge in [-0.15, -0.1) is 0 Å². The average Bonchev–Trinajstić information content (AvgIpc) is 2.46. The standard InChI is InChI=1S/C13H23N5O/c1-9(2)11-12(17-14)15-8-16-13(11)18(3)10-4-6-19-7-5-10/h8-10H,4-7,14H2,1-3H3,(H,15,16,17). The third-order valence-electron chi connectivity index (χ3n) is 3.65. The van der Waals surface area contributed by atoms with Crippen LogP contribution >= 0.6 is 0 Å². The fourth-order valence-electron chi connectivity index (χ4n) is 2.56. The van der Waals surface area contributed by atoms with E-state index >= 15 is 0 Å². The van der Waals surface area contributed by atoms with Crippen LogP contribution in [-0.4, -0.2) is 36.3 Å². The van der Waals surface area contributed by atoms with Gasteiger partial charge >= 0.3 is 0 Å². The van der Waals surface area contributed by atoms with Crippen molar-refractivity contribution in [3.63, 3.8) is 0 Å². The molecule has 1 fully saturated rings. The van der Waals surface area contributed by atoms with Crippen LogP contribution in [0.2, 0.25) is 0 Å². The number of hydrazine groups is 1. The fraction of sp³-hybridized carbons (Fsp3) is 0.692. The molecule has 6 heteroatoms. The molecule has 0 saturated carbocycles. The molecule has 3 N–H and O–H groups in total. The molecule has 0 aliphatic carbocycles. The number of anilines is 2. The van der Waals surface area contributed by atoms with E-state index in [9.17, 15) is 0 Å². The Morgan fingerprint density at radius 3 is 2.63 bits per heavy atom. The van der Waals surface area contributed by atoms with Crippen molar-refractivity contribution in [2.45, 2.75) is 38.6 Å². The molecule has 0 radical (unpaired) electrons. The molecular weight excluding hydrogens is 242 g/mol. The third-order valence-corrected chi connectivity index (χ3v) is 3.65. The van der Waals surface area contributed by atoms with E-state index in [4.69, 9.17) is 10.6 Å². The highest BCUT2D eigenvalue weighted by Crippen LogP contribution is 2.31. The van der Waals surface area contributed by atoms with Gasteiger partial charge in [0.15, 0.2) is 0 Å². The highest BCUT2D eigenvalue weighted by Gasteiger charge is 2.24. The summed E-state index contributed by atoms with van der Waals surface area (Å²) in [5.74, 6) is 7.54. The summed E-state index contributed by atoms with van der Waals surface area (Å²) in [7, 11) is 2.09. The molecule has 1 aliphatic heterocycles. The fourth-order valence-corrected chi connectivity index (χ4v) is 2.56. The van der Waals surface area contributed by atoms with Crippen LogP contribution in [0, 0.1) is 0 Å². The summed E-state index contributed by atoms with van der Waals surface area (Å²) >= 11 is 0. The molecule has 0 amide bonds. The first-order valence-electron chi connectivity index (χ1n) is 6.77. The van der Waals surface area contributed by atoms with E-state index in [1.54, 1.807) is 6.33 Å². The number of rotatable bonds is 4. The Bertz CT molecular complexity index is 417. The molecular formula is C13H23N5O. The molecule has 0 spiro atoms. The molecule has 1 aromatic heterocycles. The van der Waals surface area contributed by atoms with Crippen LogP contribution in [0.3, 0.4) is 0 Å². The topological polar surface area (TPSA) is 76.3 Å². The molecule has 1 aromatic rings. The zero-order chi connectivity index (χ0) is 13.8. The lowest BCUT2D eigenvalue weighted by Crippen LogP contribution is -2.38. The highest BCUT2D eigenvalue weighted by molar-refractivity contribution is 5.60. The van der Waals surface area contributed by atoms with E-state index in [-0.39, 0.29) is 0 Å². The summed E-state index contributed by atoms with van der Waals surface area (Å²) in [4.78, 5) is 10.9. The van der Waals surface area contributed by atoms with E-state index in [1.165, 1.54) is 0 Å². The van der Waals surface area contributed by atoms with Gasteiger partial charge in [0.2, 0.25) is 0 Å². The number of nitrogens with one attached hydrogen (secondary N) is 1. The van der Waals surface area contributed by atoms with E-state index in [0.29, 0.717) is 17.8 Å². The summed E-state index contributed by atoms with van der Waals surface area (Å²) < 4.78 is 5.42. The van der Waals surface area contributed by atoms with Crippen LogP contribution in [0.1, 0.15) is 38.2 Å². The van der Waals surface area contributed by atoms with Crippen LogP contribution in [0.5, 0.6) is 0 Å². The first-order valence-corrected chi connectivity index (χ1v) is 6.77. The Kier molecular flexibility index (Phi) is 4.55. The summed E-state index contributed by atoms with van der Waals surface area (Å²) in [5.41, 5.74) is 3.74. The van der Waals surface area contributed by atoms with Crippen molar-refractivity contribution in [3.8, 4) is 0 Å². The smallest absolute Gasteiger partial charge is 0.148 e. The second-order valence-corrected chi connectivity index (χ2v) is 5.21. The maximum absolute atomic E-state index is 5.56. The van der Waals surface area contributed by atoms with Crippen molar-refractivity contribution < 1.29 is 4.74 Å². The number of nitrogen functional groups attached to an aromatic ring is 1. The second kappa shape index (κ2) is 6.16. The number of hydrogen-bond acceptors (Lipinski definition) is 6. The SMILES string of the molecule is CC(C)c1c(NN)ncnc1N(C)C1CCOCC1. The monoisotopic (exact) mass is 265 g/mol. The molecule has 0 aromatic carbocycles. The molecule has 2 rings (SSSR count). The van der Waals surface area contributed by atoms with E-state index in [2.05, 4.69) is 41.2 Å². The van der Waals surface area contributed by atoms with Crippen LogP contribution < -0.4 is 16.2 Å². The van der Waals surface area contributed by atoms with Crippen LogP contribution in [0.4, 0.5) is 11.6 Å². The largest absolute Gasteiger partial charge is 0.381 e. The van der Waals surface area contributed by atoms with Gasteiger partial charge in [0, 0.05) is 31.9 Å². The zero-order valence-electron chi connectivity index (χ0n) is 11.9. The number of aromatic nitrogens is 2. The predicted octanol–water partition coefficient (Wildman–Crippen LogP) is 1.50. The molecule has 19 heavy (non-hydrogen) atoms. The number of nitrogens with two attached hydrogens (primary N) is 1. The molecule has 2 heterocycles. The van der Waals surface area contributed by atoms with Crippen molar-refractivity contribution in [2.75, 3.05) is 30.6 Å². The van der Waals surface area contributed by atoms with Gasteiger partial charge in [-0.05, 0) is 18.8 Å². The lowest BCUT2D eigenvalue weighted by molar-refractivity contribution is 0.0853. The normalized spacial score (nSPS) is 16.7. The molecule has 0 unspecified atom stereocenters. The van der Waals surface area contributed by atoms with Crippen LogP contribution in [0.15, 0.2) is 6.33 Å². The Morgan fingerprint density at radius 2 is 2.05 bits per heavy atom. The average molecular weight is 265 g/mol. The van der Waals surface area contributed by atoms with E-state index in [1.807, 2.05) is 0 Å². The number of nitrogens with zero attached hydrogens (tertiary/aromatic N) is 3. The molecule has 6 nitrogen and oxygen atoms in total. The van der Waals surface area contributed by atoms with Crippen molar-refractivity contribution in [2.24, 2.45) is 5.84 Å². The summed E-state index contributed by atoms with van der Waals surface area (Å²) in [6, 6.07) is 0.465. The second-order valence-electron chi connectivity index (χ2n) is 5.21. The molecule has 0 bridgehead atoms. The summed E-state index contributed by atoms with van der Waals surface area (Å²) in [5, 5.41) is 0. The van der Waals surface area contributed by atoms with Crippen LogP contribution in [-0.2, 0) is 4.74 Å². The van der Waals surface area contributed by atoms with Crippen molar-refractivity contribution >= 4 is 11.6 Å². The first-order chi connectivity index (χ1) is 9.15. The quantitative estimate of drug-likeness (QED) is 0.634. The molecule has 0 atom stereocenters. The van der Waals surface area contributed by atoms with Crippen molar-refractivity contribution in [1.29, 1.82) is 0 Å². The number of hydrogen-bond donors (Lipinski definition) is 2. The minimum atomic E-state index is 0.310. The zero-order valence-corrected chi connectivity index (χ0v) is 11.9. The van der Waals surface area contributed by atoms with Gasteiger partial charge in [0.25, 0.3) is 0 Å². The lowest BCUT2D eigenvalue weighted by atomic mass is 10.0.